The van der Waals surface area contributed by atoms with Crippen LogP contribution in [0.4, 0.5) is 0 Å². The molecular weight excluding hydrogens is 320 g/mol. The Labute approximate surface area is 152 Å². The zero-order valence-corrected chi connectivity index (χ0v) is 14.3. The first kappa shape index (κ1) is 16.1. The van der Waals surface area contributed by atoms with E-state index < -0.39 is 6.04 Å². The molecule has 1 amide bonds. The Morgan fingerprint density at radius 1 is 0.962 bits per heavy atom. The molecule has 1 N–H and O–H groups in total. The van der Waals surface area contributed by atoms with Crippen molar-refractivity contribution in [3.63, 3.8) is 0 Å². The monoisotopic (exact) mass is 338 g/mol. The number of nitrogens with one attached hydrogen (secondary N) is 1. The molecule has 26 heavy (non-hydrogen) atoms. The highest BCUT2D eigenvalue weighted by molar-refractivity contribution is 5.96. The van der Waals surface area contributed by atoms with Crippen molar-refractivity contribution in [3.8, 4) is 17.2 Å². The van der Waals surface area contributed by atoms with Gasteiger partial charge in [-0.3, -0.25) is 4.79 Å². The number of hydrogen-bond acceptors (Lipinski definition) is 2. The predicted molar refractivity (Wildman–Crippen MR) is 102 cm³/mol. The predicted octanol–water partition coefficient (Wildman–Crippen LogP) is 4.12. The van der Waals surface area contributed by atoms with Crippen LogP contribution in [-0.4, -0.2) is 11.9 Å². The molecule has 3 aromatic rings. The molecule has 3 heteroatoms. The van der Waals surface area contributed by atoms with Gasteiger partial charge in [0.15, 0.2) is 0 Å². The molecule has 0 radical (unpaired) electrons. The van der Waals surface area contributed by atoms with Gasteiger partial charge in [-0.25, -0.2) is 0 Å². The van der Waals surface area contributed by atoms with Crippen molar-refractivity contribution >= 4 is 5.91 Å². The summed E-state index contributed by atoms with van der Waals surface area (Å²) < 4.78 is 0. The summed E-state index contributed by atoms with van der Waals surface area (Å²) in [7, 11) is 0. The second-order valence-corrected chi connectivity index (χ2v) is 6.55. The maximum absolute atomic E-state index is 12.6. The summed E-state index contributed by atoms with van der Waals surface area (Å²) in [6.45, 7) is 0. The Hall–Kier alpha value is -3.38. The molecule has 4 rings (SSSR count). The lowest BCUT2D eigenvalue weighted by Crippen LogP contribution is -2.35. The number of benzene rings is 3. The quantitative estimate of drug-likeness (QED) is 0.608. The van der Waals surface area contributed by atoms with Crippen LogP contribution in [0.15, 0.2) is 72.8 Å². The molecule has 1 aliphatic rings. The van der Waals surface area contributed by atoms with Crippen LogP contribution in [0.25, 0.3) is 11.1 Å². The highest BCUT2D eigenvalue weighted by Gasteiger charge is 2.20. The number of nitriles is 1. The molecule has 0 bridgehead atoms. The minimum absolute atomic E-state index is 0.203. The van der Waals surface area contributed by atoms with Crippen molar-refractivity contribution < 1.29 is 4.79 Å². The molecule has 0 fully saturated rings. The van der Waals surface area contributed by atoms with Gasteiger partial charge >= 0.3 is 0 Å². The van der Waals surface area contributed by atoms with Gasteiger partial charge < -0.3 is 5.32 Å². The standard InChI is InChI=1S/C23H18N2O/c24-15-20(12-16-6-2-1-3-7-16)25-23(26)18-10-11-22-19(14-18)13-17-8-4-5-9-21(17)22/h1-11,14,20H,12-13H2,(H,25,26). The summed E-state index contributed by atoms with van der Waals surface area (Å²) in [6.07, 6.45) is 1.35. The lowest BCUT2D eigenvalue weighted by Gasteiger charge is -2.12. The van der Waals surface area contributed by atoms with Gasteiger partial charge in [-0.1, -0.05) is 60.7 Å². The van der Waals surface area contributed by atoms with Crippen LogP contribution in [0.5, 0.6) is 0 Å². The first-order valence-corrected chi connectivity index (χ1v) is 8.70. The second-order valence-electron chi connectivity index (χ2n) is 6.55. The summed E-state index contributed by atoms with van der Waals surface area (Å²) in [5.74, 6) is -0.203. The molecule has 1 unspecified atom stereocenters. The fourth-order valence-electron chi connectivity index (χ4n) is 3.51. The third-order valence-corrected chi connectivity index (χ3v) is 4.80. The average molecular weight is 338 g/mol. The van der Waals surface area contributed by atoms with Crippen LogP contribution in [0.3, 0.4) is 0 Å². The Morgan fingerprint density at radius 2 is 1.69 bits per heavy atom. The molecule has 0 aromatic heterocycles. The smallest absolute Gasteiger partial charge is 0.252 e. The largest absolute Gasteiger partial charge is 0.336 e. The van der Waals surface area contributed by atoms with Crippen LogP contribution in [0.1, 0.15) is 27.0 Å². The maximum atomic E-state index is 12.6. The van der Waals surface area contributed by atoms with Crippen molar-refractivity contribution in [1.82, 2.24) is 5.32 Å². The Bertz CT molecular complexity index is 1000. The number of hydrogen-bond donors (Lipinski definition) is 1. The van der Waals surface area contributed by atoms with Crippen molar-refractivity contribution in [1.29, 1.82) is 5.26 Å². The van der Waals surface area contributed by atoms with E-state index in [2.05, 4.69) is 23.5 Å². The van der Waals surface area contributed by atoms with E-state index in [1.165, 1.54) is 16.7 Å². The molecule has 3 nitrogen and oxygen atoms in total. The minimum Gasteiger partial charge on any atom is -0.336 e. The van der Waals surface area contributed by atoms with E-state index in [1.807, 2.05) is 60.7 Å². The van der Waals surface area contributed by atoms with Crippen LogP contribution in [-0.2, 0) is 12.8 Å². The van der Waals surface area contributed by atoms with Crippen molar-refractivity contribution in [2.24, 2.45) is 0 Å². The van der Waals surface area contributed by atoms with Gasteiger partial charge in [-0.05, 0) is 46.4 Å². The minimum atomic E-state index is -0.546. The van der Waals surface area contributed by atoms with E-state index in [0.29, 0.717) is 12.0 Å². The lowest BCUT2D eigenvalue weighted by molar-refractivity contribution is 0.0945. The number of amides is 1. The van der Waals surface area contributed by atoms with E-state index in [9.17, 15) is 10.1 Å². The summed E-state index contributed by atoms with van der Waals surface area (Å²) >= 11 is 0. The van der Waals surface area contributed by atoms with Crippen LogP contribution in [0, 0.1) is 11.3 Å². The number of nitrogens with zero attached hydrogens (tertiary/aromatic N) is 1. The van der Waals surface area contributed by atoms with Gasteiger partial charge in [-0.15, -0.1) is 0 Å². The van der Waals surface area contributed by atoms with E-state index in [0.717, 1.165) is 17.5 Å². The number of fused-ring (bicyclic) bond motifs is 3. The SMILES string of the molecule is N#CC(Cc1ccccc1)NC(=O)c1ccc2c(c1)Cc1ccccc1-2. The molecule has 0 saturated heterocycles. The first-order valence-electron chi connectivity index (χ1n) is 8.70. The molecule has 3 aromatic carbocycles. The average Bonchev–Trinajstić information content (AvgIpc) is 3.06. The number of rotatable bonds is 4. The Morgan fingerprint density at radius 3 is 2.50 bits per heavy atom. The van der Waals surface area contributed by atoms with Gasteiger partial charge in [0.1, 0.15) is 6.04 Å². The van der Waals surface area contributed by atoms with E-state index in [-0.39, 0.29) is 5.91 Å². The van der Waals surface area contributed by atoms with E-state index in [1.54, 1.807) is 0 Å². The molecule has 0 saturated carbocycles. The third kappa shape index (κ3) is 3.10. The van der Waals surface area contributed by atoms with Gasteiger partial charge in [0, 0.05) is 12.0 Å². The maximum Gasteiger partial charge on any atom is 0.252 e. The lowest BCUT2D eigenvalue weighted by atomic mass is 10.0. The molecular formula is C23H18N2O. The zero-order valence-electron chi connectivity index (χ0n) is 14.3. The number of carbonyl (C=O) groups excluding carboxylic acids is 1. The molecule has 0 aliphatic heterocycles. The fourth-order valence-corrected chi connectivity index (χ4v) is 3.51. The summed E-state index contributed by atoms with van der Waals surface area (Å²) in [6, 6.07) is 25.5. The summed E-state index contributed by atoms with van der Waals surface area (Å²) in [4.78, 5) is 12.6. The normalized spacial score (nSPS) is 12.6. The van der Waals surface area contributed by atoms with E-state index >= 15 is 0 Å². The highest BCUT2D eigenvalue weighted by Crippen LogP contribution is 2.36. The highest BCUT2D eigenvalue weighted by atomic mass is 16.1. The zero-order chi connectivity index (χ0) is 17.9. The van der Waals surface area contributed by atoms with E-state index in [4.69, 9.17) is 0 Å². The summed E-state index contributed by atoms with van der Waals surface area (Å²) in [5.41, 5.74) is 6.52. The molecule has 1 atom stereocenters. The first-order chi connectivity index (χ1) is 12.7. The van der Waals surface area contributed by atoms with Gasteiger partial charge in [0.25, 0.3) is 5.91 Å². The molecule has 126 valence electrons. The van der Waals surface area contributed by atoms with Crippen molar-refractivity contribution in [2.75, 3.05) is 0 Å². The molecule has 1 aliphatic carbocycles. The van der Waals surface area contributed by atoms with Crippen LogP contribution >= 0.6 is 0 Å². The number of carbonyl (C=O) groups is 1. The van der Waals surface area contributed by atoms with Crippen molar-refractivity contribution in [2.45, 2.75) is 18.9 Å². The molecule has 0 spiro atoms. The summed E-state index contributed by atoms with van der Waals surface area (Å²) in [5, 5.41) is 12.2. The van der Waals surface area contributed by atoms with Gasteiger partial charge in [0.05, 0.1) is 6.07 Å². The second kappa shape index (κ2) is 6.85. The topological polar surface area (TPSA) is 52.9 Å². The van der Waals surface area contributed by atoms with Gasteiger partial charge in [-0.2, -0.15) is 5.26 Å². The third-order valence-electron chi connectivity index (χ3n) is 4.80. The Kier molecular flexibility index (Phi) is 4.25. The van der Waals surface area contributed by atoms with Gasteiger partial charge in [0.2, 0.25) is 0 Å². The van der Waals surface area contributed by atoms with Crippen molar-refractivity contribution in [3.05, 3.63) is 95.1 Å². The van der Waals surface area contributed by atoms with Crippen LogP contribution in [0.2, 0.25) is 0 Å². The molecule has 0 heterocycles. The Balaban J connectivity index is 1.51. The fraction of sp³-hybridized carbons (Fsp3) is 0.130. The van der Waals surface area contributed by atoms with Crippen LogP contribution < -0.4 is 5.32 Å².